The van der Waals surface area contributed by atoms with Gasteiger partial charge in [-0.3, -0.25) is 0 Å². The van der Waals surface area contributed by atoms with Crippen LogP contribution in [-0.4, -0.2) is 44.0 Å². The van der Waals surface area contributed by atoms with Crippen molar-refractivity contribution in [3.05, 3.63) is 0 Å². The van der Waals surface area contributed by atoms with Gasteiger partial charge in [0.15, 0.2) is 9.84 Å². The van der Waals surface area contributed by atoms with E-state index in [-0.39, 0.29) is 5.92 Å². The molecule has 1 heterocycles. The van der Waals surface area contributed by atoms with Gasteiger partial charge in [0.1, 0.15) is 0 Å². The molecule has 0 bridgehead atoms. The highest BCUT2D eigenvalue weighted by Gasteiger charge is 2.40. The van der Waals surface area contributed by atoms with E-state index >= 15 is 0 Å². The van der Waals surface area contributed by atoms with E-state index in [0.717, 1.165) is 25.9 Å². The molecule has 1 saturated heterocycles. The molecule has 0 aromatic rings. The summed E-state index contributed by atoms with van der Waals surface area (Å²) in [4.78, 5) is 2.20. The summed E-state index contributed by atoms with van der Waals surface area (Å²) in [7, 11) is -0.882. The number of hydrogen-bond acceptors (Lipinski definition) is 3. The summed E-state index contributed by atoms with van der Waals surface area (Å²) < 4.78 is 23.9. The lowest BCUT2D eigenvalue weighted by Gasteiger charge is -2.37. The average Bonchev–Trinajstić information content (AvgIpc) is 2.08. The zero-order valence-electron chi connectivity index (χ0n) is 10.3. The van der Waals surface area contributed by atoms with Crippen LogP contribution in [0.5, 0.6) is 0 Å². The fourth-order valence-electron chi connectivity index (χ4n) is 2.04. The van der Waals surface area contributed by atoms with E-state index in [4.69, 9.17) is 0 Å². The highest BCUT2D eigenvalue weighted by Crippen LogP contribution is 2.31. The van der Waals surface area contributed by atoms with Gasteiger partial charge in [-0.15, -0.1) is 0 Å². The van der Waals surface area contributed by atoms with Gasteiger partial charge < -0.3 is 4.90 Å². The first-order chi connectivity index (χ1) is 6.77. The maximum atomic E-state index is 12.2. The Labute approximate surface area is 93.8 Å². The summed E-state index contributed by atoms with van der Waals surface area (Å²) in [5.74, 6) is 0.555. The smallest absolute Gasteiger partial charge is 0.156 e. The minimum absolute atomic E-state index is 0.228. The minimum atomic E-state index is -2.93. The topological polar surface area (TPSA) is 37.4 Å². The normalized spacial score (nSPS) is 23.3. The third-order valence-electron chi connectivity index (χ3n) is 3.35. The lowest BCUT2D eigenvalue weighted by Crippen LogP contribution is -2.47. The second-order valence-corrected chi connectivity index (χ2v) is 7.98. The zero-order valence-corrected chi connectivity index (χ0v) is 11.1. The predicted molar refractivity (Wildman–Crippen MR) is 63.8 cm³/mol. The van der Waals surface area contributed by atoms with Gasteiger partial charge in [0.2, 0.25) is 0 Å². The first kappa shape index (κ1) is 13.0. The third-order valence-corrected chi connectivity index (χ3v) is 6.36. The number of nitrogens with zero attached hydrogens (tertiary/aromatic N) is 1. The molecule has 0 radical (unpaired) electrons. The molecular weight excluding hydrogens is 210 g/mol. The Morgan fingerprint density at radius 2 is 1.73 bits per heavy atom. The largest absolute Gasteiger partial charge is 0.306 e. The number of sulfone groups is 1. The van der Waals surface area contributed by atoms with Gasteiger partial charge >= 0.3 is 0 Å². The van der Waals surface area contributed by atoms with Gasteiger partial charge in [-0.1, -0.05) is 13.8 Å². The lowest BCUT2D eigenvalue weighted by molar-refractivity contribution is 0.240. The van der Waals surface area contributed by atoms with Gasteiger partial charge in [0.05, 0.1) is 10.5 Å². The van der Waals surface area contributed by atoms with Crippen LogP contribution in [0.1, 0.15) is 33.6 Å². The van der Waals surface area contributed by atoms with Crippen molar-refractivity contribution in [3.63, 3.8) is 0 Å². The molecule has 0 aromatic heterocycles. The number of rotatable bonds is 3. The molecule has 0 atom stereocenters. The van der Waals surface area contributed by atoms with Crippen molar-refractivity contribution in [1.82, 2.24) is 4.90 Å². The molecule has 0 unspecified atom stereocenters. The Kier molecular flexibility index (Phi) is 3.82. The van der Waals surface area contributed by atoms with E-state index in [9.17, 15) is 8.42 Å². The maximum Gasteiger partial charge on any atom is 0.156 e. The summed E-state index contributed by atoms with van der Waals surface area (Å²) in [6, 6.07) is 0. The fraction of sp³-hybridized carbons (Fsp3) is 1.00. The second kappa shape index (κ2) is 4.42. The van der Waals surface area contributed by atoms with E-state index in [1.54, 1.807) is 0 Å². The van der Waals surface area contributed by atoms with Gasteiger partial charge in [-0.25, -0.2) is 8.42 Å². The Morgan fingerprint density at radius 1 is 1.27 bits per heavy atom. The molecule has 90 valence electrons. The quantitative estimate of drug-likeness (QED) is 0.742. The molecule has 0 amide bonds. The number of hydrogen-bond donors (Lipinski definition) is 0. The van der Waals surface area contributed by atoms with Gasteiger partial charge in [0, 0.05) is 0 Å². The lowest BCUT2D eigenvalue weighted by atomic mass is 9.98. The monoisotopic (exact) mass is 233 g/mol. The highest BCUT2D eigenvalue weighted by molar-refractivity contribution is 7.92. The molecule has 1 rings (SSSR count). The molecule has 0 aliphatic carbocycles. The molecule has 0 N–H and O–H groups in total. The fourth-order valence-corrected chi connectivity index (χ4v) is 4.13. The van der Waals surface area contributed by atoms with Crippen LogP contribution in [0.2, 0.25) is 0 Å². The maximum absolute atomic E-state index is 12.2. The summed E-state index contributed by atoms with van der Waals surface area (Å²) in [5.41, 5.74) is 0. The van der Waals surface area contributed by atoms with Crippen LogP contribution in [0.3, 0.4) is 0 Å². The van der Waals surface area contributed by atoms with E-state index < -0.39 is 14.6 Å². The molecule has 1 aliphatic rings. The number of piperidine rings is 1. The van der Waals surface area contributed by atoms with Gasteiger partial charge in [-0.2, -0.15) is 0 Å². The summed E-state index contributed by atoms with van der Waals surface area (Å²) in [6.45, 7) is 7.64. The van der Waals surface area contributed by atoms with E-state index in [1.165, 1.54) is 0 Å². The minimum Gasteiger partial charge on any atom is -0.306 e. The SMILES string of the molecule is CC(C)CS(=O)(=O)C1(C)CCN(C)CC1. The van der Waals surface area contributed by atoms with Crippen molar-refractivity contribution in [1.29, 1.82) is 0 Å². The van der Waals surface area contributed by atoms with Crippen molar-refractivity contribution in [2.75, 3.05) is 25.9 Å². The third kappa shape index (κ3) is 2.94. The van der Waals surface area contributed by atoms with Crippen molar-refractivity contribution in [2.24, 2.45) is 5.92 Å². The Bertz CT molecular complexity index is 301. The number of likely N-dealkylation sites (tertiary alicyclic amines) is 1. The molecule has 3 nitrogen and oxygen atoms in total. The molecule has 1 aliphatic heterocycles. The van der Waals surface area contributed by atoms with Crippen molar-refractivity contribution < 1.29 is 8.42 Å². The van der Waals surface area contributed by atoms with E-state index in [2.05, 4.69) is 11.9 Å². The zero-order chi connectivity index (χ0) is 11.7. The molecular formula is C11H23NO2S. The van der Waals surface area contributed by atoms with E-state index in [1.807, 2.05) is 20.8 Å². The highest BCUT2D eigenvalue weighted by atomic mass is 32.2. The van der Waals surface area contributed by atoms with Crippen LogP contribution in [-0.2, 0) is 9.84 Å². The van der Waals surface area contributed by atoms with Crippen molar-refractivity contribution in [2.45, 2.75) is 38.4 Å². The van der Waals surface area contributed by atoms with E-state index in [0.29, 0.717) is 5.75 Å². The van der Waals surface area contributed by atoms with Crippen LogP contribution in [0, 0.1) is 5.92 Å². The van der Waals surface area contributed by atoms with Gasteiger partial charge in [0.25, 0.3) is 0 Å². The second-order valence-electron chi connectivity index (χ2n) is 5.43. The predicted octanol–water partition coefficient (Wildman–Crippen LogP) is 1.54. The first-order valence-corrected chi connectivity index (χ1v) is 7.33. The molecule has 4 heteroatoms. The van der Waals surface area contributed by atoms with Gasteiger partial charge in [-0.05, 0) is 45.8 Å². The van der Waals surface area contributed by atoms with Crippen molar-refractivity contribution >= 4 is 9.84 Å². The average molecular weight is 233 g/mol. The van der Waals surface area contributed by atoms with Crippen LogP contribution in [0.25, 0.3) is 0 Å². The van der Waals surface area contributed by atoms with Crippen LogP contribution >= 0.6 is 0 Å². The van der Waals surface area contributed by atoms with Crippen LogP contribution < -0.4 is 0 Å². The Hall–Kier alpha value is -0.0900. The first-order valence-electron chi connectivity index (χ1n) is 5.68. The Morgan fingerprint density at radius 3 is 2.13 bits per heavy atom. The molecule has 0 saturated carbocycles. The van der Waals surface area contributed by atoms with Crippen LogP contribution in [0.4, 0.5) is 0 Å². The molecule has 0 aromatic carbocycles. The van der Waals surface area contributed by atoms with Crippen LogP contribution in [0.15, 0.2) is 0 Å². The molecule has 0 spiro atoms. The standard InChI is InChI=1S/C11H23NO2S/c1-10(2)9-15(13,14)11(3)5-7-12(4)8-6-11/h10H,5-9H2,1-4H3. The molecule has 1 fully saturated rings. The summed E-state index contributed by atoms with van der Waals surface area (Å²) >= 11 is 0. The summed E-state index contributed by atoms with van der Waals surface area (Å²) in [6.07, 6.45) is 1.55. The molecule has 15 heavy (non-hydrogen) atoms. The Balaban J connectivity index is 2.77. The van der Waals surface area contributed by atoms with Crippen molar-refractivity contribution in [3.8, 4) is 0 Å². The summed E-state index contributed by atoms with van der Waals surface area (Å²) in [5, 5.41) is 0.